The van der Waals surface area contributed by atoms with E-state index in [0.717, 1.165) is 0 Å². The van der Waals surface area contributed by atoms with Crippen LogP contribution in [0.4, 0.5) is 0 Å². The van der Waals surface area contributed by atoms with Crippen LogP contribution in [0.1, 0.15) is 22.8 Å². The van der Waals surface area contributed by atoms with Gasteiger partial charge in [-0.05, 0) is 24.6 Å². The second kappa shape index (κ2) is 6.79. The van der Waals surface area contributed by atoms with E-state index in [2.05, 4.69) is 10.9 Å². The zero-order valence-electron chi connectivity index (χ0n) is 10.5. The summed E-state index contributed by atoms with van der Waals surface area (Å²) < 4.78 is 0. The van der Waals surface area contributed by atoms with Crippen molar-refractivity contribution in [2.24, 2.45) is 0 Å². The molecule has 0 unspecified atom stereocenters. The monoisotopic (exact) mass is 282 g/mol. The normalized spacial score (nSPS) is 9.79. The molecule has 0 aliphatic heterocycles. The third-order valence-electron chi connectivity index (χ3n) is 2.19. The predicted molar refractivity (Wildman–Crippen MR) is 70.8 cm³/mol. The quantitative estimate of drug-likeness (QED) is 0.564. The van der Waals surface area contributed by atoms with E-state index in [4.69, 9.17) is 5.11 Å². The van der Waals surface area contributed by atoms with Crippen LogP contribution in [0.2, 0.25) is 0 Å². The van der Waals surface area contributed by atoms with Crippen LogP contribution < -0.4 is 10.9 Å². The van der Waals surface area contributed by atoms with Gasteiger partial charge in [0, 0.05) is 11.8 Å². The fourth-order valence-corrected chi connectivity index (χ4v) is 2.00. The number of carbonyl (C=O) groups excluding carboxylic acids is 2. The van der Waals surface area contributed by atoms with E-state index < -0.39 is 5.97 Å². The van der Waals surface area contributed by atoms with Gasteiger partial charge in [-0.15, -0.1) is 11.8 Å². The van der Waals surface area contributed by atoms with Crippen molar-refractivity contribution < 1.29 is 19.5 Å². The Labute approximate surface area is 114 Å². The molecule has 102 valence electrons. The van der Waals surface area contributed by atoms with Crippen LogP contribution in [0, 0.1) is 6.92 Å². The Morgan fingerprint density at radius 1 is 1.26 bits per heavy atom. The predicted octanol–water partition coefficient (Wildman–Crippen LogP) is 0.953. The molecular formula is C12H14N2O4S. The van der Waals surface area contributed by atoms with Gasteiger partial charge in [-0.3, -0.25) is 20.4 Å². The molecule has 0 heterocycles. The van der Waals surface area contributed by atoms with Crippen molar-refractivity contribution in [2.45, 2.75) is 18.7 Å². The lowest BCUT2D eigenvalue weighted by Crippen LogP contribution is -2.41. The van der Waals surface area contributed by atoms with Gasteiger partial charge in [0.05, 0.1) is 11.3 Å². The minimum absolute atomic E-state index is 0.0857. The van der Waals surface area contributed by atoms with Crippen molar-refractivity contribution in [2.75, 3.05) is 5.75 Å². The molecule has 0 saturated heterocycles. The molecule has 0 bridgehead atoms. The summed E-state index contributed by atoms with van der Waals surface area (Å²) in [6.07, 6.45) is 0. The highest BCUT2D eigenvalue weighted by atomic mass is 32.2. The van der Waals surface area contributed by atoms with Crippen LogP contribution in [0.3, 0.4) is 0 Å². The molecule has 1 aromatic carbocycles. The molecule has 1 aromatic rings. The summed E-state index contributed by atoms with van der Waals surface area (Å²) in [4.78, 5) is 33.6. The topological polar surface area (TPSA) is 95.5 Å². The summed E-state index contributed by atoms with van der Waals surface area (Å²) in [6, 6.07) is 4.96. The van der Waals surface area contributed by atoms with E-state index >= 15 is 0 Å². The van der Waals surface area contributed by atoms with E-state index in [0.29, 0.717) is 10.5 Å². The van der Waals surface area contributed by atoms with E-state index in [1.807, 2.05) is 0 Å². The number of rotatable bonds is 4. The maximum absolute atomic E-state index is 11.3. The highest BCUT2D eigenvalue weighted by molar-refractivity contribution is 8.00. The average Bonchev–Trinajstić information content (AvgIpc) is 2.35. The second-order valence-corrected chi connectivity index (χ2v) is 4.85. The molecule has 0 radical (unpaired) electrons. The van der Waals surface area contributed by atoms with Crippen LogP contribution >= 0.6 is 11.8 Å². The van der Waals surface area contributed by atoms with Gasteiger partial charge in [-0.2, -0.15) is 0 Å². The highest BCUT2D eigenvalue weighted by Gasteiger charge is 2.09. The van der Waals surface area contributed by atoms with Crippen molar-refractivity contribution in [1.29, 1.82) is 0 Å². The number of aryl methyl sites for hydroxylation is 1. The van der Waals surface area contributed by atoms with E-state index in [1.165, 1.54) is 24.8 Å². The lowest BCUT2D eigenvalue weighted by atomic mass is 10.1. The van der Waals surface area contributed by atoms with Crippen LogP contribution in [-0.2, 0) is 9.59 Å². The molecule has 0 aliphatic carbocycles. The third kappa shape index (κ3) is 5.01. The number of hydrogen-bond donors (Lipinski definition) is 3. The second-order valence-electron chi connectivity index (χ2n) is 3.80. The molecule has 0 spiro atoms. The number of benzene rings is 1. The van der Waals surface area contributed by atoms with Crippen LogP contribution in [0.25, 0.3) is 0 Å². The lowest BCUT2D eigenvalue weighted by molar-refractivity contribution is -0.126. The number of amides is 2. The maximum atomic E-state index is 11.3. The first kappa shape index (κ1) is 15.0. The minimum atomic E-state index is -0.998. The molecule has 0 atom stereocenters. The zero-order valence-corrected chi connectivity index (χ0v) is 11.3. The van der Waals surface area contributed by atoms with E-state index in [9.17, 15) is 14.4 Å². The van der Waals surface area contributed by atoms with Gasteiger partial charge >= 0.3 is 5.97 Å². The van der Waals surface area contributed by atoms with E-state index in [1.54, 1.807) is 19.1 Å². The van der Waals surface area contributed by atoms with Crippen molar-refractivity contribution in [3.05, 3.63) is 29.3 Å². The van der Waals surface area contributed by atoms with Crippen molar-refractivity contribution in [1.82, 2.24) is 10.9 Å². The van der Waals surface area contributed by atoms with Gasteiger partial charge in [0.25, 0.3) is 0 Å². The molecule has 1 rings (SSSR count). The first-order chi connectivity index (χ1) is 8.90. The summed E-state index contributed by atoms with van der Waals surface area (Å²) >= 11 is 1.19. The standard InChI is InChI=1S/C12H14N2O4S/c1-7-3-4-9(5-10(7)12(17)18)19-6-11(16)14-13-8(2)15/h3-5H,6H2,1-2H3,(H,13,15)(H,14,16)(H,17,18). The third-order valence-corrected chi connectivity index (χ3v) is 3.18. The lowest BCUT2D eigenvalue weighted by Gasteiger charge is -2.06. The number of aromatic carboxylic acids is 1. The summed E-state index contributed by atoms with van der Waals surface area (Å²) in [5.41, 5.74) is 5.28. The SMILES string of the molecule is CC(=O)NNC(=O)CSc1ccc(C)c(C(=O)O)c1. The number of hydrazine groups is 1. The van der Waals surface area contributed by atoms with Gasteiger partial charge in [-0.1, -0.05) is 6.07 Å². The Morgan fingerprint density at radius 3 is 2.53 bits per heavy atom. The zero-order chi connectivity index (χ0) is 14.4. The molecule has 19 heavy (non-hydrogen) atoms. The van der Waals surface area contributed by atoms with Gasteiger partial charge in [0.1, 0.15) is 0 Å². The van der Waals surface area contributed by atoms with Crippen molar-refractivity contribution in [3.8, 4) is 0 Å². The van der Waals surface area contributed by atoms with Crippen molar-refractivity contribution >= 4 is 29.5 Å². The molecule has 0 saturated carbocycles. The number of nitrogens with one attached hydrogen (secondary N) is 2. The number of thioether (sulfide) groups is 1. The summed E-state index contributed by atoms with van der Waals surface area (Å²) in [7, 11) is 0. The van der Waals surface area contributed by atoms with Crippen molar-refractivity contribution in [3.63, 3.8) is 0 Å². The molecule has 7 heteroatoms. The summed E-state index contributed by atoms with van der Waals surface area (Å²) in [6.45, 7) is 2.99. The molecule has 6 nitrogen and oxygen atoms in total. The molecule has 3 N–H and O–H groups in total. The average molecular weight is 282 g/mol. The number of carboxylic acid groups (broad SMARTS) is 1. The summed E-state index contributed by atoms with van der Waals surface area (Å²) in [5, 5.41) is 8.98. The Hall–Kier alpha value is -2.02. The molecule has 2 amide bonds. The summed E-state index contributed by atoms with van der Waals surface area (Å²) in [5.74, 6) is -1.63. The maximum Gasteiger partial charge on any atom is 0.335 e. The Morgan fingerprint density at radius 2 is 1.95 bits per heavy atom. The first-order valence-electron chi connectivity index (χ1n) is 5.42. The smallest absolute Gasteiger partial charge is 0.335 e. The Kier molecular flexibility index (Phi) is 5.37. The van der Waals surface area contributed by atoms with Gasteiger partial charge < -0.3 is 5.11 Å². The number of carbonyl (C=O) groups is 3. The fraction of sp³-hybridized carbons (Fsp3) is 0.250. The van der Waals surface area contributed by atoms with Crippen LogP contribution in [-0.4, -0.2) is 28.6 Å². The fourth-order valence-electron chi connectivity index (χ4n) is 1.26. The highest BCUT2D eigenvalue weighted by Crippen LogP contribution is 2.21. The molecule has 0 aromatic heterocycles. The van der Waals surface area contributed by atoms with Crippen LogP contribution in [0.5, 0.6) is 0 Å². The molecule has 0 fully saturated rings. The number of carboxylic acids is 1. The van der Waals surface area contributed by atoms with Gasteiger partial charge in [0.2, 0.25) is 11.8 Å². The van der Waals surface area contributed by atoms with E-state index in [-0.39, 0.29) is 23.1 Å². The van der Waals surface area contributed by atoms with Crippen LogP contribution in [0.15, 0.2) is 23.1 Å². The Balaban J connectivity index is 2.58. The van der Waals surface area contributed by atoms with Gasteiger partial charge in [0.15, 0.2) is 0 Å². The molecular weight excluding hydrogens is 268 g/mol. The first-order valence-corrected chi connectivity index (χ1v) is 6.41. The number of hydrogen-bond acceptors (Lipinski definition) is 4. The minimum Gasteiger partial charge on any atom is -0.478 e. The largest absolute Gasteiger partial charge is 0.478 e. The Bertz CT molecular complexity index is 516. The van der Waals surface area contributed by atoms with Gasteiger partial charge in [-0.25, -0.2) is 4.79 Å². The molecule has 0 aliphatic rings.